The average Bonchev–Trinajstić information content (AvgIpc) is 3.54. The summed E-state index contributed by atoms with van der Waals surface area (Å²) in [6, 6.07) is 2.66. The van der Waals surface area contributed by atoms with Crippen LogP contribution in [0.15, 0.2) is 39.5 Å². The van der Waals surface area contributed by atoms with E-state index in [1.807, 2.05) is 0 Å². The van der Waals surface area contributed by atoms with Crippen molar-refractivity contribution in [1.82, 2.24) is 35.4 Å². The van der Waals surface area contributed by atoms with Crippen LogP contribution in [0.3, 0.4) is 0 Å². The third-order valence-electron chi connectivity index (χ3n) is 5.27. The molecule has 2 aromatic heterocycles. The second-order valence-electron chi connectivity index (χ2n) is 9.42. The lowest BCUT2D eigenvalue weighted by Crippen LogP contribution is -2.43. The molecular formula is C22H23BrF3N7O5. The van der Waals surface area contributed by atoms with Gasteiger partial charge in [0.1, 0.15) is 11.4 Å². The second kappa shape index (κ2) is 10.6. The van der Waals surface area contributed by atoms with Gasteiger partial charge in [-0.15, -0.1) is 28.5 Å². The fourth-order valence-electron chi connectivity index (χ4n) is 3.82. The molecule has 0 bridgehead atoms. The van der Waals surface area contributed by atoms with E-state index in [1.54, 1.807) is 31.6 Å². The molecule has 38 heavy (non-hydrogen) atoms. The van der Waals surface area contributed by atoms with Crippen molar-refractivity contribution in [3.8, 4) is 17.2 Å². The highest BCUT2D eigenvalue weighted by Gasteiger charge is 2.39. The Morgan fingerprint density at radius 2 is 2.00 bits per heavy atom. The van der Waals surface area contributed by atoms with E-state index >= 15 is 0 Å². The Kier molecular flexibility index (Phi) is 7.62. The summed E-state index contributed by atoms with van der Waals surface area (Å²) >= 11 is 3.21. The summed E-state index contributed by atoms with van der Waals surface area (Å²) in [5, 5.41) is 18.0. The quantitative estimate of drug-likeness (QED) is 0.447. The summed E-state index contributed by atoms with van der Waals surface area (Å²) in [5.41, 5.74) is -0.615. The molecular weight excluding hydrogens is 579 g/mol. The number of amides is 2. The summed E-state index contributed by atoms with van der Waals surface area (Å²) in [6.07, 6.45) is -1.86. The summed E-state index contributed by atoms with van der Waals surface area (Å²) in [6.45, 7) is 5.75. The van der Waals surface area contributed by atoms with Gasteiger partial charge in [-0.05, 0) is 61.3 Å². The molecule has 3 aromatic rings. The number of aromatic nitrogens is 5. The van der Waals surface area contributed by atoms with Crippen LogP contribution in [0.4, 0.5) is 18.0 Å². The molecule has 1 aromatic carbocycles. The molecule has 0 spiro atoms. The minimum atomic E-state index is -4.88. The van der Waals surface area contributed by atoms with Crippen molar-refractivity contribution in [2.75, 3.05) is 6.54 Å². The molecule has 0 radical (unpaired) electrons. The van der Waals surface area contributed by atoms with Crippen LogP contribution in [0, 0.1) is 0 Å². The number of hydrogen-bond acceptors (Lipinski definition) is 9. The number of nitrogens with zero attached hydrogens (tertiary/aromatic N) is 6. The molecule has 16 heteroatoms. The van der Waals surface area contributed by atoms with Crippen LogP contribution in [0.5, 0.6) is 5.75 Å². The third-order valence-corrected chi connectivity index (χ3v) is 5.96. The molecule has 1 aliphatic heterocycles. The zero-order valence-electron chi connectivity index (χ0n) is 20.4. The number of carbonyl (C=O) groups is 2. The maximum Gasteiger partial charge on any atom is 0.573 e. The van der Waals surface area contributed by atoms with Gasteiger partial charge in [-0.3, -0.25) is 9.48 Å². The highest BCUT2D eigenvalue weighted by molar-refractivity contribution is 9.10. The number of nitrogens with one attached hydrogen (secondary N) is 1. The highest BCUT2D eigenvalue weighted by atomic mass is 79.9. The van der Waals surface area contributed by atoms with E-state index in [4.69, 9.17) is 9.15 Å². The molecule has 3 heterocycles. The number of ether oxygens (including phenoxy) is 2. The molecule has 1 N–H and O–H groups in total. The van der Waals surface area contributed by atoms with Gasteiger partial charge in [-0.2, -0.15) is 0 Å². The standard InChI is InChI=1S/C22H23BrF3N7O5/c1-21(2,3)38-20(35)33-10-12(8-13(33)11-32-7-6-27-31-32)28-17(34)19-30-29-18(36-19)15-9-14(4-5-16(15)23)37-22(24,25)26/h4-7,9,12-13H,8,10-11H2,1-3H3,(H,28,34)/t12-,13+/m1/s1. The van der Waals surface area contributed by atoms with Gasteiger partial charge in [0, 0.05) is 23.3 Å². The Morgan fingerprint density at radius 3 is 2.66 bits per heavy atom. The van der Waals surface area contributed by atoms with Gasteiger partial charge < -0.3 is 24.1 Å². The highest BCUT2D eigenvalue weighted by Crippen LogP contribution is 2.33. The molecule has 2 atom stereocenters. The first-order valence-electron chi connectivity index (χ1n) is 11.3. The Labute approximate surface area is 222 Å². The monoisotopic (exact) mass is 601 g/mol. The number of halogens is 4. The molecule has 0 unspecified atom stereocenters. The first kappa shape index (κ1) is 27.3. The van der Waals surface area contributed by atoms with Crippen LogP contribution in [0.1, 0.15) is 37.9 Å². The summed E-state index contributed by atoms with van der Waals surface area (Å²) < 4.78 is 54.6. The molecule has 204 valence electrons. The lowest BCUT2D eigenvalue weighted by atomic mass is 10.1. The van der Waals surface area contributed by atoms with Gasteiger partial charge in [0.05, 0.1) is 24.3 Å². The molecule has 4 rings (SSSR count). The van der Waals surface area contributed by atoms with Crippen LogP contribution < -0.4 is 10.1 Å². The van der Waals surface area contributed by atoms with Crippen molar-refractivity contribution < 1.29 is 36.7 Å². The Morgan fingerprint density at radius 1 is 1.24 bits per heavy atom. The Hall–Kier alpha value is -3.69. The second-order valence-corrected chi connectivity index (χ2v) is 10.3. The van der Waals surface area contributed by atoms with Crippen LogP contribution in [-0.2, 0) is 11.3 Å². The fraction of sp³-hybridized carbons (Fsp3) is 0.455. The smallest absolute Gasteiger partial charge is 0.444 e. The molecule has 0 saturated carbocycles. The molecule has 12 nitrogen and oxygen atoms in total. The van der Waals surface area contributed by atoms with Crippen molar-refractivity contribution in [2.24, 2.45) is 0 Å². The maximum atomic E-state index is 12.9. The van der Waals surface area contributed by atoms with E-state index in [-0.39, 0.29) is 24.0 Å². The van der Waals surface area contributed by atoms with Crippen molar-refractivity contribution in [3.63, 3.8) is 0 Å². The van der Waals surface area contributed by atoms with E-state index in [2.05, 4.69) is 46.5 Å². The number of alkyl halides is 3. The van der Waals surface area contributed by atoms with Crippen LogP contribution >= 0.6 is 15.9 Å². The minimum Gasteiger partial charge on any atom is -0.444 e. The van der Waals surface area contributed by atoms with E-state index in [0.717, 1.165) is 12.1 Å². The minimum absolute atomic E-state index is 0.100. The van der Waals surface area contributed by atoms with Crippen molar-refractivity contribution in [2.45, 2.75) is 57.8 Å². The number of benzene rings is 1. The van der Waals surface area contributed by atoms with Gasteiger partial charge in [0.2, 0.25) is 5.89 Å². The van der Waals surface area contributed by atoms with Crippen molar-refractivity contribution in [1.29, 1.82) is 0 Å². The van der Waals surface area contributed by atoms with Crippen LogP contribution in [0.2, 0.25) is 0 Å². The van der Waals surface area contributed by atoms with E-state index < -0.39 is 41.6 Å². The predicted octanol–water partition coefficient (Wildman–Crippen LogP) is 3.80. The molecule has 1 fully saturated rings. The number of likely N-dealkylation sites (tertiary alicyclic amines) is 1. The van der Waals surface area contributed by atoms with Gasteiger partial charge in [0.15, 0.2) is 0 Å². The van der Waals surface area contributed by atoms with Gasteiger partial charge in [-0.25, -0.2) is 4.79 Å². The first-order valence-corrected chi connectivity index (χ1v) is 12.1. The average molecular weight is 602 g/mol. The normalized spacial score (nSPS) is 17.9. The fourth-order valence-corrected chi connectivity index (χ4v) is 4.24. The van der Waals surface area contributed by atoms with E-state index in [0.29, 0.717) is 17.4 Å². The van der Waals surface area contributed by atoms with Crippen LogP contribution in [-0.4, -0.2) is 72.7 Å². The van der Waals surface area contributed by atoms with Crippen molar-refractivity contribution in [3.05, 3.63) is 41.0 Å². The number of carbonyl (C=O) groups excluding carboxylic acids is 2. The number of rotatable bonds is 6. The summed E-state index contributed by atoms with van der Waals surface area (Å²) in [7, 11) is 0. The maximum absolute atomic E-state index is 12.9. The SMILES string of the molecule is CC(C)(C)OC(=O)N1C[C@H](NC(=O)c2nnc(-c3cc(OC(F)(F)F)ccc3Br)o2)C[C@H]1Cn1ccnn1. The largest absolute Gasteiger partial charge is 0.573 e. The Balaban J connectivity index is 1.46. The molecule has 2 amide bonds. The van der Waals surface area contributed by atoms with Gasteiger partial charge in [0.25, 0.3) is 0 Å². The topological polar surface area (TPSA) is 138 Å². The zero-order valence-corrected chi connectivity index (χ0v) is 22.0. The summed E-state index contributed by atoms with van der Waals surface area (Å²) in [4.78, 5) is 27.2. The van der Waals surface area contributed by atoms with E-state index in [1.165, 1.54) is 17.2 Å². The lowest BCUT2D eigenvalue weighted by Gasteiger charge is -2.28. The van der Waals surface area contributed by atoms with Crippen LogP contribution in [0.25, 0.3) is 11.5 Å². The predicted molar refractivity (Wildman–Crippen MR) is 127 cm³/mol. The Bertz CT molecular complexity index is 1290. The zero-order chi connectivity index (χ0) is 27.7. The molecule has 1 aliphatic rings. The lowest BCUT2D eigenvalue weighted by molar-refractivity contribution is -0.274. The van der Waals surface area contributed by atoms with Gasteiger partial charge in [-0.1, -0.05) is 5.21 Å². The van der Waals surface area contributed by atoms with Crippen molar-refractivity contribution >= 4 is 27.9 Å². The van der Waals surface area contributed by atoms with Gasteiger partial charge >= 0.3 is 24.3 Å². The number of hydrogen-bond donors (Lipinski definition) is 1. The summed E-state index contributed by atoms with van der Waals surface area (Å²) in [5.74, 6) is -1.80. The first-order chi connectivity index (χ1) is 17.8. The van der Waals surface area contributed by atoms with E-state index in [9.17, 15) is 22.8 Å². The molecule has 0 aliphatic carbocycles. The third kappa shape index (κ3) is 6.99. The molecule has 1 saturated heterocycles.